The van der Waals surface area contributed by atoms with E-state index in [0.717, 1.165) is 51.6 Å². The molecule has 2 saturated heterocycles. The van der Waals surface area contributed by atoms with Crippen molar-refractivity contribution in [1.29, 1.82) is 0 Å². The van der Waals surface area contributed by atoms with Crippen molar-refractivity contribution < 1.29 is 14.3 Å². The molecule has 0 bridgehead atoms. The van der Waals surface area contributed by atoms with Crippen molar-refractivity contribution in [2.75, 3.05) is 39.9 Å². The zero-order valence-electron chi connectivity index (χ0n) is 20.8. The maximum Gasteiger partial charge on any atom is 0.337 e. The Morgan fingerprint density at radius 1 is 0.912 bits per heavy atom. The molecule has 2 aliphatic heterocycles. The highest BCUT2D eigenvalue weighted by molar-refractivity contribution is 5.89. The summed E-state index contributed by atoms with van der Waals surface area (Å²) in [5.74, 6) is 1.36. The van der Waals surface area contributed by atoms with Crippen LogP contribution in [0.4, 0.5) is 0 Å². The van der Waals surface area contributed by atoms with Crippen LogP contribution >= 0.6 is 0 Å². The van der Waals surface area contributed by atoms with E-state index < -0.39 is 0 Å². The fraction of sp³-hybridized carbons (Fsp3) is 0.536. The fourth-order valence-electron chi connectivity index (χ4n) is 5.19. The van der Waals surface area contributed by atoms with Crippen LogP contribution in [0.5, 0.6) is 5.75 Å². The van der Waals surface area contributed by atoms with Crippen LogP contribution in [0.2, 0.25) is 0 Å². The molecule has 6 heteroatoms. The third-order valence-electron chi connectivity index (χ3n) is 7.19. The van der Waals surface area contributed by atoms with E-state index >= 15 is 0 Å². The maximum absolute atomic E-state index is 11.7. The fourth-order valence-corrected chi connectivity index (χ4v) is 5.19. The first-order chi connectivity index (χ1) is 16.5. The molecule has 2 heterocycles. The predicted octanol–water partition coefficient (Wildman–Crippen LogP) is 3.95. The number of methoxy groups -OCH3 is 1. The summed E-state index contributed by atoms with van der Waals surface area (Å²) in [4.78, 5) is 16.8. The van der Waals surface area contributed by atoms with Crippen molar-refractivity contribution in [3.05, 3.63) is 65.2 Å². The Morgan fingerprint density at radius 3 is 2.12 bits per heavy atom. The lowest BCUT2D eigenvalue weighted by Gasteiger charge is -2.44. The Hall–Kier alpha value is -2.41. The van der Waals surface area contributed by atoms with E-state index in [1.165, 1.54) is 31.1 Å². The minimum Gasteiger partial charge on any atom is -0.493 e. The SMILES string of the molecule is COC(=O)c1ccc(CN2C[C@@H](C)N(Cc3ccc(OCC4CCNCC4)cc3)[C@@H](C)C2)cc1. The van der Waals surface area contributed by atoms with Gasteiger partial charge in [-0.1, -0.05) is 24.3 Å². The second kappa shape index (κ2) is 11.8. The molecule has 0 radical (unpaired) electrons. The van der Waals surface area contributed by atoms with Crippen LogP contribution < -0.4 is 10.1 Å². The molecule has 0 saturated carbocycles. The number of carbonyl (C=O) groups is 1. The van der Waals surface area contributed by atoms with Gasteiger partial charge in [-0.25, -0.2) is 4.79 Å². The number of piperazine rings is 1. The average Bonchev–Trinajstić information content (AvgIpc) is 2.86. The van der Waals surface area contributed by atoms with Crippen LogP contribution in [0.1, 0.15) is 48.2 Å². The first-order valence-electron chi connectivity index (χ1n) is 12.6. The number of hydrogen-bond acceptors (Lipinski definition) is 6. The lowest BCUT2D eigenvalue weighted by Crippen LogP contribution is -2.55. The number of rotatable bonds is 8. The van der Waals surface area contributed by atoms with Crippen molar-refractivity contribution in [2.45, 2.75) is 51.9 Å². The van der Waals surface area contributed by atoms with Crippen molar-refractivity contribution in [3.8, 4) is 5.75 Å². The minimum atomic E-state index is -0.288. The first kappa shape index (κ1) is 24.7. The van der Waals surface area contributed by atoms with E-state index in [2.05, 4.69) is 53.2 Å². The zero-order valence-corrected chi connectivity index (χ0v) is 20.8. The molecule has 34 heavy (non-hydrogen) atoms. The van der Waals surface area contributed by atoms with Gasteiger partial charge in [0.1, 0.15) is 5.75 Å². The molecule has 2 fully saturated rings. The average molecular weight is 466 g/mol. The summed E-state index contributed by atoms with van der Waals surface area (Å²) in [6.07, 6.45) is 2.41. The molecule has 0 aliphatic carbocycles. The van der Waals surface area contributed by atoms with Crippen molar-refractivity contribution in [2.24, 2.45) is 5.92 Å². The first-order valence-corrected chi connectivity index (χ1v) is 12.6. The van der Waals surface area contributed by atoms with Gasteiger partial charge in [-0.05, 0) is 81.1 Å². The molecule has 4 rings (SSSR count). The Bertz CT molecular complexity index is 897. The number of ether oxygens (including phenoxy) is 2. The number of nitrogens with zero attached hydrogens (tertiary/aromatic N) is 2. The van der Waals surface area contributed by atoms with Crippen molar-refractivity contribution in [1.82, 2.24) is 15.1 Å². The summed E-state index contributed by atoms with van der Waals surface area (Å²) in [7, 11) is 1.41. The van der Waals surface area contributed by atoms with Gasteiger partial charge in [0.2, 0.25) is 0 Å². The quantitative estimate of drug-likeness (QED) is 0.596. The highest BCUT2D eigenvalue weighted by Crippen LogP contribution is 2.23. The smallest absolute Gasteiger partial charge is 0.337 e. The van der Waals surface area contributed by atoms with E-state index in [4.69, 9.17) is 9.47 Å². The molecule has 6 nitrogen and oxygen atoms in total. The van der Waals surface area contributed by atoms with E-state index in [1.54, 1.807) is 0 Å². The number of esters is 1. The Kier molecular flexibility index (Phi) is 8.59. The van der Waals surface area contributed by atoms with E-state index in [0.29, 0.717) is 23.6 Å². The van der Waals surface area contributed by atoms with Crippen molar-refractivity contribution in [3.63, 3.8) is 0 Å². The molecule has 2 aromatic carbocycles. The second-order valence-electron chi connectivity index (χ2n) is 9.90. The molecule has 2 atom stereocenters. The molecule has 2 aliphatic rings. The van der Waals surface area contributed by atoms with Gasteiger partial charge in [0.05, 0.1) is 19.3 Å². The van der Waals surface area contributed by atoms with Gasteiger partial charge < -0.3 is 14.8 Å². The van der Waals surface area contributed by atoms with Gasteiger partial charge >= 0.3 is 5.97 Å². The summed E-state index contributed by atoms with van der Waals surface area (Å²) < 4.78 is 10.9. The summed E-state index contributed by atoms with van der Waals surface area (Å²) in [5.41, 5.74) is 3.15. The molecule has 184 valence electrons. The molecular formula is C28H39N3O3. The maximum atomic E-state index is 11.7. The van der Waals surface area contributed by atoms with Crippen LogP contribution in [-0.4, -0.2) is 67.7 Å². The minimum absolute atomic E-state index is 0.288. The normalized spacial score (nSPS) is 22.4. The van der Waals surface area contributed by atoms with Gasteiger partial charge in [-0.15, -0.1) is 0 Å². The number of piperidine rings is 1. The lowest BCUT2D eigenvalue weighted by molar-refractivity contribution is 0.0290. The van der Waals surface area contributed by atoms with Gasteiger partial charge in [0, 0.05) is 38.3 Å². The monoisotopic (exact) mass is 465 g/mol. The molecule has 1 N–H and O–H groups in total. The Morgan fingerprint density at radius 2 is 1.50 bits per heavy atom. The zero-order chi connectivity index (χ0) is 23.9. The van der Waals surface area contributed by atoms with Gasteiger partial charge in [0.25, 0.3) is 0 Å². The Labute approximate surface area is 204 Å². The van der Waals surface area contributed by atoms with E-state index in [-0.39, 0.29) is 5.97 Å². The van der Waals surface area contributed by atoms with Gasteiger partial charge in [-0.2, -0.15) is 0 Å². The summed E-state index contributed by atoms with van der Waals surface area (Å²) in [6, 6.07) is 17.4. The number of nitrogens with one attached hydrogen (secondary N) is 1. The van der Waals surface area contributed by atoms with Crippen LogP contribution in [0, 0.1) is 5.92 Å². The molecule has 0 unspecified atom stereocenters. The van der Waals surface area contributed by atoms with Crippen LogP contribution in [-0.2, 0) is 17.8 Å². The summed E-state index contributed by atoms with van der Waals surface area (Å²) in [5, 5.41) is 3.41. The van der Waals surface area contributed by atoms with E-state index in [1.807, 2.05) is 24.3 Å². The molecule has 0 aromatic heterocycles. The van der Waals surface area contributed by atoms with Crippen LogP contribution in [0.15, 0.2) is 48.5 Å². The standard InChI is InChI=1S/C28H39N3O3/c1-21-16-30(18-23-4-8-26(9-5-23)28(32)33-3)17-22(2)31(21)19-24-6-10-27(11-7-24)34-20-25-12-14-29-15-13-25/h4-11,21-22,25,29H,12-20H2,1-3H3/t21-,22+. The van der Waals surface area contributed by atoms with Crippen LogP contribution in [0.25, 0.3) is 0 Å². The molecule has 2 aromatic rings. The molecule has 0 spiro atoms. The highest BCUT2D eigenvalue weighted by Gasteiger charge is 2.29. The van der Waals surface area contributed by atoms with Crippen LogP contribution in [0.3, 0.4) is 0 Å². The molecule has 0 amide bonds. The Balaban J connectivity index is 1.26. The van der Waals surface area contributed by atoms with Gasteiger partial charge in [0.15, 0.2) is 0 Å². The van der Waals surface area contributed by atoms with E-state index in [9.17, 15) is 4.79 Å². The molecular weight excluding hydrogens is 426 g/mol. The van der Waals surface area contributed by atoms with Gasteiger partial charge in [-0.3, -0.25) is 9.80 Å². The summed E-state index contributed by atoms with van der Waals surface area (Å²) >= 11 is 0. The number of benzene rings is 2. The third-order valence-corrected chi connectivity index (χ3v) is 7.19. The van der Waals surface area contributed by atoms with Crippen molar-refractivity contribution >= 4 is 5.97 Å². The number of hydrogen-bond donors (Lipinski definition) is 1. The predicted molar refractivity (Wildman–Crippen MR) is 135 cm³/mol. The lowest BCUT2D eigenvalue weighted by atomic mass is 9.99. The third kappa shape index (κ3) is 6.59. The number of carbonyl (C=O) groups excluding carboxylic acids is 1. The second-order valence-corrected chi connectivity index (χ2v) is 9.90. The summed E-state index contributed by atoms with van der Waals surface area (Å²) in [6.45, 7) is 11.6. The highest BCUT2D eigenvalue weighted by atomic mass is 16.5. The largest absolute Gasteiger partial charge is 0.493 e. The topological polar surface area (TPSA) is 54.0 Å².